The van der Waals surface area contributed by atoms with Crippen LogP contribution < -0.4 is 10.2 Å². The van der Waals surface area contributed by atoms with Gasteiger partial charge in [-0.3, -0.25) is 20.2 Å². The average molecular weight is 579 g/mol. The van der Waals surface area contributed by atoms with Crippen LogP contribution in [0.2, 0.25) is 0 Å². The molecular formula is C33H30N4O6. The van der Waals surface area contributed by atoms with Crippen LogP contribution in [0.25, 0.3) is 0 Å². The lowest BCUT2D eigenvalue weighted by Crippen LogP contribution is -2.41. The molecule has 0 amide bonds. The molecule has 43 heavy (non-hydrogen) atoms. The second-order valence-corrected chi connectivity index (χ2v) is 10.4. The predicted octanol–water partition coefficient (Wildman–Crippen LogP) is 7.35. The molecule has 10 nitrogen and oxygen atoms in total. The second kappa shape index (κ2) is 12.2. The largest absolute Gasteiger partial charge is 0.466 e. The van der Waals surface area contributed by atoms with Gasteiger partial charge in [0.05, 0.1) is 34.6 Å². The maximum atomic E-state index is 13.7. The number of rotatable bonds is 8. The Hall–Kier alpha value is -5.51. The molecule has 0 bridgehead atoms. The summed E-state index contributed by atoms with van der Waals surface area (Å²) in [6, 6.07) is 26.6. The van der Waals surface area contributed by atoms with Crippen LogP contribution in [0.1, 0.15) is 40.8 Å². The van der Waals surface area contributed by atoms with E-state index in [1.807, 2.05) is 73.3 Å². The molecule has 4 aromatic rings. The molecule has 1 N–H and O–H groups in total. The Morgan fingerprint density at radius 2 is 1.35 bits per heavy atom. The topological polar surface area (TPSA) is 128 Å². The first kappa shape index (κ1) is 29.0. The molecule has 0 saturated heterocycles. The van der Waals surface area contributed by atoms with Crippen molar-refractivity contribution in [3.8, 4) is 0 Å². The van der Waals surface area contributed by atoms with Crippen LogP contribution in [0.15, 0.2) is 108 Å². The molecule has 2 atom stereocenters. The van der Waals surface area contributed by atoms with Gasteiger partial charge in [-0.05, 0) is 49.2 Å². The summed E-state index contributed by atoms with van der Waals surface area (Å²) in [6.45, 7) is 3.93. The van der Waals surface area contributed by atoms with Crippen LogP contribution in [0, 0.1) is 34.1 Å². The third-order valence-corrected chi connectivity index (χ3v) is 7.56. The van der Waals surface area contributed by atoms with Crippen molar-refractivity contribution in [2.24, 2.45) is 0 Å². The van der Waals surface area contributed by atoms with Gasteiger partial charge in [0, 0.05) is 47.8 Å². The molecular weight excluding hydrogens is 548 g/mol. The zero-order valence-corrected chi connectivity index (χ0v) is 23.9. The smallest absolute Gasteiger partial charge is 0.337 e. The predicted molar refractivity (Wildman–Crippen MR) is 164 cm³/mol. The summed E-state index contributed by atoms with van der Waals surface area (Å²) >= 11 is 0. The fraction of sp³-hybridized carbons (Fsp3) is 0.182. The van der Waals surface area contributed by atoms with E-state index in [1.54, 1.807) is 18.2 Å². The molecule has 1 aliphatic rings. The molecule has 0 spiro atoms. The summed E-state index contributed by atoms with van der Waals surface area (Å²) in [5, 5.41) is 27.0. The fourth-order valence-electron chi connectivity index (χ4n) is 5.47. The summed E-state index contributed by atoms with van der Waals surface area (Å²) in [4.78, 5) is 38.3. The number of aryl methyl sites for hydroxylation is 2. The molecule has 1 aliphatic heterocycles. The maximum absolute atomic E-state index is 13.7. The third kappa shape index (κ3) is 6.08. The summed E-state index contributed by atoms with van der Waals surface area (Å²) in [7, 11) is 1.30. The van der Waals surface area contributed by atoms with Crippen LogP contribution in [0.3, 0.4) is 0 Å². The number of nitro groups is 2. The van der Waals surface area contributed by atoms with E-state index >= 15 is 0 Å². The van der Waals surface area contributed by atoms with Gasteiger partial charge in [0.2, 0.25) is 0 Å². The normalized spacial score (nSPS) is 16.5. The van der Waals surface area contributed by atoms with Crippen molar-refractivity contribution in [3.63, 3.8) is 0 Å². The SMILES string of the molecule is COC(=O)C1=C(Nc2ccc(C)cc2)C[C@@H](c2cccc([N+](=O)[O-])c2)N(c2ccc(C)cc2)[C@H]1c1cccc([N+](=O)[O-])c1. The minimum absolute atomic E-state index is 0.0657. The first-order valence-corrected chi connectivity index (χ1v) is 13.6. The average Bonchev–Trinajstić information content (AvgIpc) is 3.01. The Morgan fingerprint density at radius 3 is 1.91 bits per heavy atom. The van der Waals surface area contributed by atoms with Crippen LogP contribution in [0.5, 0.6) is 0 Å². The van der Waals surface area contributed by atoms with Gasteiger partial charge in [0.25, 0.3) is 11.4 Å². The minimum Gasteiger partial charge on any atom is -0.466 e. The number of nitro benzene ring substituents is 2. The zero-order valence-electron chi connectivity index (χ0n) is 23.9. The molecule has 0 unspecified atom stereocenters. The number of esters is 1. The molecule has 0 radical (unpaired) electrons. The molecule has 0 saturated carbocycles. The summed E-state index contributed by atoms with van der Waals surface area (Å²) < 4.78 is 5.31. The number of nitrogens with one attached hydrogen (secondary N) is 1. The number of non-ortho nitro benzene ring substituents is 2. The standard InChI is InChI=1S/C33H30N4O6/c1-21-10-14-25(15-11-21)34-29-20-30(23-6-4-8-27(18-23)36(39)40)35(26-16-12-22(2)13-17-26)32(31(29)33(38)43-3)24-7-5-9-28(19-24)37(41)42/h4-19,30,32,34H,20H2,1-3H3/t30-,32-/m0/s1. The quantitative estimate of drug-likeness (QED) is 0.131. The van der Waals surface area contributed by atoms with Gasteiger partial charge >= 0.3 is 5.97 Å². The lowest BCUT2D eigenvalue weighted by atomic mass is 9.84. The maximum Gasteiger partial charge on any atom is 0.337 e. The summed E-state index contributed by atoms with van der Waals surface area (Å²) in [5.41, 5.74) is 5.33. The highest BCUT2D eigenvalue weighted by Crippen LogP contribution is 2.48. The number of carbonyl (C=O) groups excluding carboxylic acids is 1. The van der Waals surface area contributed by atoms with Gasteiger partial charge in [-0.1, -0.05) is 59.7 Å². The highest BCUT2D eigenvalue weighted by Gasteiger charge is 2.42. The van der Waals surface area contributed by atoms with Crippen molar-refractivity contribution in [1.29, 1.82) is 0 Å². The van der Waals surface area contributed by atoms with Crippen molar-refractivity contribution in [1.82, 2.24) is 0 Å². The van der Waals surface area contributed by atoms with Crippen LogP contribution >= 0.6 is 0 Å². The fourth-order valence-corrected chi connectivity index (χ4v) is 5.47. The Balaban J connectivity index is 1.82. The highest BCUT2D eigenvalue weighted by molar-refractivity contribution is 5.93. The first-order chi connectivity index (χ1) is 20.7. The van der Waals surface area contributed by atoms with Gasteiger partial charge < -0.3 is 15.0 Å². The van der Waals surface area contributed by atoms with Gasteiger partial charge in [-0.2, -0.15) is 0 Å². The number of ether oxygens (including phenoxy) is 1. The monoisotopic (exact) mass is 578 g/mol. The number of anilines is 2. The van der Waals surface area contributed by atoms with Crippen LogP contribution in [0.4, 0.5) is 22.7 Å². The Morgan fingerprint density at radius 1 is 0.814 bits per heavy atom. The van der Waals surface area contributed by atoms with E-state index < -0.39 is 27.9 Å². The third-order valence-electron chi connectivity index (χ3n) is 7.56. The number of nitrogens with zero attached hydrogens (tertiary/aromatic N) is 3. The molecule has 10 heteroatoms. The molecule has 1 heterocycles. The molecule has 0 fully saturated rings. The minimum atomic E-state index is -0.846. The number of carbonyl (C=O) groups is 1. The van der Waals surface area contributed by atoms with Gasteiger partial charge in [0.1, 0.15) is 0 Å². The second-order valence-electron chi connectivity index (χ2n) is 10.4. The van der Waals surface area contributed by atoms with Crippen molar-refractivity contribution >= 4 is 28.7 Å². The van der Waals surface area contributed by atoms with E-state index in [-0.39, 0.29) is 23.4 Å². The van der Waals surface area contributed by atoms with E-state index in [9.17, 15) is 25.0 Å². The van der Waals surface area contributed by atoms with Gasteiger partial charge in [0.15, 0.2) is 0 Å². The number of methoxy groups -OCH3 is 1. The Bertz CT molecular complexity index is 1720. The van der Waals surface area contributed by atoms with E-state index in [0.717, 1.165) is 22.5 Å². The molecule has 0 aliphatic carbocycles. The summed E-state index contributed by atoms with van der Waals surface area (Å²) in [5.74, 6) is -0.597. The molecule has 5 rings (SSSR count). The van der Waals surface area contributed by atoms with E-state index in [1.165, 1.54) is 31.4 Å². The lowest BCUT2D eigenvalue weighted by molar-refractivity contribution is -0.385. The Labute approximate surface area is 248 Å². The van der Waals surface area contributed by atoms with Gasteiger partial charge in [-0.25, -0.2) is 4.79 Å². The zero-order chi connectivity index (χ0) is 30.7. The molecule has 0 aromatic heterocycles. The van der Waals surface area contributed by atoms with Crippen molar-refractivity contribution in [2.45, 2.75) is 32.4 Å². The van der Waals surface area contributed by atoms with Crippen molar-refractivity contribution in [3.05, 3.63) is 151 Å². The number of hydrogen-bond donors (Lipinski definition) is 1. The van der Waals surface area contributed by atoms with E-state index in [4.69, 9.17) is 4.74 Å². The Kier molecular flexibility index (Phi) is 8.20. The van der Waals surface area contributed by atoms with Gasteiger partial charge in [-0.15, -0.1) is 0 Å². The van der Waals surface area contributed by atoms with Crippen LogP contribution in [-0.2, 0) is 9.53 Å². The molecule has 218 valence electrons. The summed E-state index contributed by atoms with van der Waals surface area (Å²) in [6.07, 6.45) is 0.263. The van der Waals surface area contributed by atoms with Crippen LogP contribution in [-0.4, -0.2) is 22.9 Å². The lowest BCUT2D eigenvalue weighted by Gasteiger charge is -2.45. The number of benzene rings is 4. The van der Waals surface area contributed by atoms with E-state index in [2.05, 4.69) is 5.32 Å². The first-order valence-electron chi connectivity index (χ1n) is 13.6. The molecule has 4 aromatic carbocycles. The number of hydrogen-bond acceptors (Lipinski definition) is 8. The van der Waals surface area contributed by atoms with Crippen molar-refractivity contribution < 1.29 is 19.4 Å². The highest BCUT2D eigenvalue weighted by atomic mass is 16.6. The van der Waals surface area contributed by atoms with E-state index in [0.29, 0.717) is 16.8 Å². The van der Waals surface area contributed by atoms with Crippen molar-refractivity contribution in [2.75, 3.05) is 17.3 Å².